The number of pyridine rings is 1. The molecule has 4 rings (SSSR count). The average molecular weight is 661 g/mol. The molecule has 3 aromatic rings. The highest BCUT2D eigenvalue weighted by Crippen LogP contribution is 2.26. The van der Waals surface area contributed by atoms with Crippen molar-refractivity contribution in [1.29, 1.82) is 0 Å². The summed E-state index contributed by atoms with van der Waals surface area (Å²) in [5.41, 5.74) is -1.25. The average Bonchev–Trinajstić information content (AvgIpc) is 3.05. The minimum Gasteiger partial charge on any atom is -0.505 e. The number of aromatic nitrogens is 1. The van der Waals surface area contributed by atoms with Gasteiger partial charge >= 0.3 is 5.97 Å². The minimum absolute atomic E-state index is 0.0755. The molecular formula is C32H32F4N4O7. The molecule has 15 heteroatoms. The van der Waals surface area contributed by atoms with E-state index in [9.17, 15) is 47.0 Å². The van der Waals surface area contributed by atoms with Crippen molar-refractivity contribution in [2.75, 3.05) is 0 Å². The van der Waals surface area contributed by atoms with E-state index in [1.54, 1.807) is 30.3 Å². The molecule has 2 aromatic carbocycles. The molecule has 0 bridgehead atoms. The molecule has 1 unspecified atom stereocenters. The van der Waals surface area contributed by atoms with E-state index in [-0.39, 0.29) is 6.42 Å². The summed E-state index contributed by atoms with van der Waals surface area (Å²) in [6, 6.07) is 6.23. The predicted octanol–water partition coefficient (Wildman–Crippen LogP) is 2.15. The zero-order chi connectivity index (χ0) is 34.6. The van der Waals surface area contributed by atoms with E-state index >= 15 is 0 Å². The number of cyclic esters (lactones) is 1. The fourth-order valence-corrected chi connectivity index (χ4v) is 5.14. The summed E-state index contributed by atoms with van der Waals surface area (Å²) < 4.78 is 63.1. The van der Waals surface area contributed by atoms with Crippen LogP contribution in [0, 0.1) is 36.1 Å². The molecule has 6 atom stereocenters. The van der Waals surface area contributed by atoms with Gasteiger partial charge in [-0.05, 0) is 49.1 Å². The summed E-state index contributed by atoms with van der Waals surface area (Å²) in [7, 11) is 0. The maximum Gasteiger partial charge on any atom is 0.329 e. The standard InChI is InChI=1S/C32H32F4N4O7/c1-14-18(23(34)25(36)24(35)22(14)33)13-19-28(42)15(2)29(43)39-20(12-17-8-5-4-6-9-17)32(46)47-16(3)26(30(44)38-19)40-31(45)27-21(41)10-7-11-37-27/h4-11,15-16,19-20,26,28,41-42H,12-13H2,1-3H3,(H,38,44)(H,39,43)(H,40,45)/t15-,16-,19+,20?,26+,28+/m1/s1. The van der Waals surface area contributed by atoms with Crippen LogP contribution in [0.25, 0.3) is 0 Å². The first-order valence-electron chi connectivity index (χ1n) is 14.5. The van der Waals surface area contributed by atoms with E-state index in [2.05, 4.69) is 20.9 Å². The van der Waals surface area contributed by atoms with E-state index < -0.39 is 112 Å². The van der Waals surface area contributed by atoms with Crippen LogP contribution in [0.5, 0.6) is 5.75 Å². The Labute approximate surface area is 266 Å². The van der Waals surface area contributed by atoms with Gasteiger partial charge in [-0.3, -0.25) is 14.4 Å². The summed E-state index contributed by atoms with van der Waals surface area (Å²) in [5, 5.41) is 28.6. The Morgan fingerprint density at radius 3 is 2.23 bits per heavy atom. The number of benzene rings is 2. The molecule has 0 radical (unpaired) electrons. The van der Waals surface area contributed by atoms with E-state index in [4.69, 9.17) is 4.74 Å². The second kappa shape index (κ2) is 14.6. The van der Waals surface area contributed by atoms with Gasteiger partial charge in [-0.1, -0.05) is 37.3 Å². The van der Waals surface area contributed by atoms with Crippen LogP contribution in [0.15, 0.2) is 48.7 Å². The maximum atomic E-state index is 14.9. The Morgan fingerprint density at radius 1 is 0.915 bits per heavy atom. The molecule has 47 heavy (non-hydrogen) atoms. The van der Waals surface area contributed by atoms with Gasteiger partial charge < -0.3 is 30.9 Å². The van der Waals surface area contributed by atoms with Crippen LogP contribution >= 0.6 is 0 Å². The molecule has 1 saturated heterocycles. The first-order valence-corrected chi connectivity index (χ1v) is 14.5. The van der Waals surface area contributed by atoms with E-state index in [0.29, 0.717) is 5.56 Å². The lowest BCUT2D eigenvalue weighted by atomic mass is 9.89. The topological polar surface area (TPSA) is 167 Å². The van der Waals surface area contributed by atoms with Crippen molar-refractivity contribution in [3.63, 3.8) is 0 Å². The number of halogens is 4. The number of aliphatic hydroxyl groups excluding tert-OH is 1. The van der Waals surface area contributed by atoms with Gasteiger partial charge in [-0.15, -0.1) is 0 Å². The highest BCUT2D eigenvalue weighted by atomic mass is 19.2. The Hall–Kier alpha value is -5.05. The van der Waals surface area contributed by atoms with Gasteiger partial charge in [0.05, 0.1) is 18.1 Å². The molecular weight excluding hydrogens is 628 g/mol. The van der Waals surface area contributed by atoms with Crippen molar-refractivity contribution in [1.82, 2.24) is 20.9 Å². The van der Waals surface area contributed by atoms with Crippen LogP contribution in [0.2, 0.25) is 0 Å². The molecule has 0 aliphatic carbocycles. The number of ether oxygens (including phenoxy) is 1. The van der Waals surface area contributed by atoms with Crippen LogP contribution in [0.4, 0.5) is 17.6 Å². The first kappa shape index (κ1) is 34.8. The van der Waals surface area contributed by atoms with Gasteiger partial charge in [-0.2, -0.15) is 0 Å². The molecule has 1 aliphatic heterocycles. The monoisotopic (exact) mass is 660 g/mol. The zero-order valence-electron chi connectivity index (χ0n) is 25.4. The smallest absolute Gasteiger partial charge is 0.329 e. The SMILES string of the molecule is Cc1c(F)c(F)c(F)c(F)c1C[C@@H]1NC(=O)[C@@H](NC(=O)c2ncccc2O)[C@@H](C)OC(=O)C(Cc2ccccc2)NC(=O)[C@H](C)[C@@H]1O. The lowest BCUT2D eigenvalue weighted by Crippen LogP contribution is -2.61. The number of carbonyl (C=O) groups excluding carboxylic acids is 4. The molecule has 11 nitrogen and oxygen atoms in total. The van der Waals surface area contributed by atoms with E-state index in [1.165, 1.54) is 26.1 Å². The van der Waals surface area contributed by atoms with Gasteiger partial charge in [0.15, 0.2) is 29.0 Å². The third kappa shape index (κ3) is 7.68. The van der Waals surface area contributed by atoms with Crippen molar-refractivity contribution in [2.24, 2.45) is 5.92 Å². The maximum absolute atomic E-state index is 14.9. The van der Waals surface area contributed by atoms with E-state index in [1.807, 2.05) is 0 Å². The lowest BCUT2D eigenvalue weighted by Gasteiger charge is -2.33. The third-order valence-corrected chi connectivity index (χ3v) is 7.94. The number of aliphatic hydroxyl groups is 1. The van der Waals surface area contributed by atoms with Crippen LogP contribution < -0.4 is 16.0 Å². The van der Waals surface area contributed by atoms with Gasteiger partial charge in [-0.25, -0.2) is 27.3 Å². The number of carbonyl (C=O) groups is 4. The van der Waals surface area contributed by atoms with Gasteiger partial charge in [0.2, 0.25) is 11.8 Å². The van der Waals surface area contributed by atoms with Crippen LogP contribution in [0.3, 0.4) is 0 Å². The molecule has 2 heterocycles. The van der Waals surface area contributed by atoms with Crippen molar-refractivity contribution >= 4 is 23.7 Å². The van der Waals surface area contributed by atoms with Crippen molar-refractivity contribution in [3.8, 4) is 5.75 Å². The number of nitrogens with zero attached hydrogens (tertiary/aromatic N) is 1. The number of aromatic hydroxyl groups is 1. The normalized spacial score (nSPS) is 23.9. The number of amides is 3. The molecule has 0 saturated carbocycles. The van der Waals surface area contributed by atoms with Crippen LogP contribution in [-0.2, 0) is 32.0 Å². The van der Waals surface area contributed by atoms with Gasteiger partial charge in [0, 0.05) is 12.6 Å². The predicted molar refractivity (Wildman–Crippen MR) is 157 cm³/mol. The quantitative estimate of drug-likeness (QED) is 0.116. The lowest BCUT2D eigenvalue weighted by molar-refractivity contribution is -0.156. The summed E-state index contributed by atoms with van der Waals surface area (Å²) >= 11 is 0. The Balaban J connectivity index is 1.77. The second-order valence-corrected chi connectivity index (χ2v) is 11.2. The summed E-state index contributed by atoms with van der Waals surface area (Å²) in [6.45, 7) is 3.45. The molecule has 250 valence electrons. The molecule has 0 spiro atoms. The fraction of sp³-hybridized carbons (Fsp3) is 0.344. The molecule has 5 N–H and O–H groups in total. The Morgan fingerprint density at radius 2 is 1.57 bits per heavy atom. The highest BCUT2D eigenvalue weighted by Gasteiger charge is 2.40. The summed E-state index contributed by atoms with van der Waals surface area (Å²) in [4.78, 5) is 57.3. The minimum atomic E-state index is -2.12. The van der Waals surface area contributed by atoms with Crippen molar-refractivity contribution in [2.45, 2.75) is 63.9 Å². The number of hydrogen-bond donors (Lipinski definition) is 5. The van der Waals surface area contributed by atoms with Crippen molar-refractivity contribution in [3.05, 3.63) is 94.3 Å². The summed E-state index contributed by atoms with van der Waals surface area (Å²) in [6.07, 6.45) is -3.07. The number of rotatable bonds is 6. The van der Waals surface area contributed by atoms with Crippen LogP contribution in [-0.4, -0.2) is 69.2 Å². The molecule has 1 aromatic heterocycles. The summed E-state index contributed by atoms with van der Waals surface area (Å²) in [5.74, 6) is -13.7. The Kier molecular flexibility index (Phi) is 10.8. The largest absolute Gasteiger partial charge is 0.505 e. The van der Waals surface area contributed by atoms with Gasteiger partial charge in [0.1, 0.15) is 23.9 Å². The van der Waals surface area contributed by atoms with Crippen LogP contribution in [0.1, 0.15) is 41.0 Å². The molecule has 1 fully saturated rings. The molecule has 1 aliphatic rings. The number of esters is 1. The van der Waals surface area contributed by atoms with Crippen molar-refractivity contribution < 1.29 is 51.7 Å². The van der Waals surface area contributed by atoms with Gasteiger partial charge in [0.25, 0.3) is 5.91 Å². The fourth-order valence-electron chi connectivity index (χ4n) is 5.14. The molecule has 3 amide bonds. The third-order valence-electron chi connectivity index (χ3n) is 7.94. The zero-order valence-corrected chi connectivity index (χ0v) is 25.4. The highest BCUT2D eigenvalue weighted by molar-refractivity contribution is 5.98. The Bertz CT molecular complexity index is 1650. The first-order chi connectivity index (χ1) is 22.2. The number of hydrogen-bond acceptors (Lipinski definition) is 8. The van der Waals surface area contributed by atoms with E-state index in [0.717, 1.165) is 13.0 Å². The number of nitrogens with one attached hydrogen (secondary N) is 3. The second-order valence-electron chi connectivity index (χ2n) is 11.2.